The second-order valence-corrected chi connectivity index (χ2v) is 6.31. The van der Waals surface area contributed by atoms with Gasteiger partial charge in [0.05, 0.1) is 0 Å². The number of carbonyl (C=O) groups excluding carboxylic acids is 1. The standard InChI is InChI=1S/C16H24INO/c1-4-5-6-7-8-13(2)18(14(3)19)16-11-9-15(17)10-12-16/h9-13H,4-8H2,1-3H3. The van der Waals surface area contributed by atoms with Gasteiger partial charge in [0.2, 0.25) is 5.91 Å². The summed E-state index contributed by atoms with van der Waals surface area (Å²) >= 11 is 2.28. The number of amides is 1. The highest BCUT2D eigenvalue weighted by atomic mass is 127. The van der Waals surface area contributed by atoms with E-state index in [1.807, 2.05) is 17.0 Å². The average molecular weight is 373 g/mol. The van der Waals surface area contributed by atoms with Crippen LogP contribution in [-0.4, -0.2) is 11.9 Å². The van der Waals surface area contributed by atoms with Gasteiger partial charge in [-0.3, -0.25) is 4.79 Å². The van der Waals surface area contributed by atoms with Gasteiger partial charge in [-0.2, -0.15) is 0 Å². The molecule has 0 saturated heterocycles. The number of unbranched alkanes of at least 4 members (excludes halogenated alkanes) is 3. The fraction of sp³-hybridized carbons (Fsp3) is 0.562. The summed E-state index contributed by atoms with van der Waals surface area (Å²) in [5.41, 5.74) is 1.01. The van der Waals surface area contributed by atoms with Gasteiger partial charge in [-0.05, 0) is 60.2 Å². The molecule has 0 aliphatic rings. The Kier molecular flexibility index (Phi) is 7.42. The van der Waals surface area contributed by atoms with E-state index in [9.17, 15) is 4.79 Å². The molecular weight excluding hydrogens is 349 g/mol. The summed E-state index contributed by atoms with van der Waals surface area (Å²) in [5.74, 6) is 0.129. The first kappa shape index (κ1) is 16.5. The van der Waals surface area contributed by atoms with Crippen molar-refractivity contribution < 1.29 is 4.79 Å². The topological polar surface area (TPSA) is 20.3 Å². The van der Waals surface area contributed by atoms with Crippen molar-refractivity contribution in [2.45, 2.75) is 58.9 Å². The zero-order chi connectivity index (χ0) is 14.3. The van der Waals surface area contributed by atoms with E-state index in [1.54, 1.807) is 6.92 Å². The van der Waals surface area contributed by atoms with Crippen molar-refractivity contribution in [1.29, 1.82) is 0 Å². The Hall–Kier alpha value is -0.580. The van der Waals surface area contributed by atoms with Gasteiger partial charge < -0.3 is 4.90 Å². The largest absolute Gasteiger partial charge is 0.310 e. The minimum Gasteiger partial charge on any atom is -0.310 e. The molecule has 1 unspecified atom stereocenters. The van der Waals surface area contributed by atoms with Crippen LogP contribution in [-0.2, 0) is 4.79 Å². The number of carbonyl (C=O) groups is 1. The van der Waals surface area contributed by atoms with E-state index in [-0.39, 0.29) is 11.9 Å². The van der Waals surface area contributed by atoms with Gasteiger partial charge in [0.1, 0.15) is 0 Å². The third-order valence-corrected chi connectivity index (χ3v) is 4.08. The molecule has 1 aromatic carbocycles. The van der Waals surface area contributed by atoms with Crippen molar-refractivity contribution in [3.05, 3.63) is 27.8 Å². The monoisotopic (exact) mass is 373 g/mol. The molecule has 1 atom stereocenters. The molecule has 0 aromatic heterocycles. The third kappa shape index (κ3) is 5.51. The van der Waals surface area contributed by atoms with E-state index in [1.165, 1.54) is 29.3 Å². The normalized spacial score (nSPS) is 12.2. The molecule has 106 valence electrons. The van der Waals surface area contributed by atoms with Crippen LogP contribution in [0.5, 0.6) is 0 Å². The van der Waals surface area contributed by atoms with Crippen LogP contribution in [0.25, 0.3) is 0 Å². The number of benzene rings is 1. The second-order valence-electron chi connectivity index (χ2n) is 5.06. The first-order chi connectivity index (χ1) is 9.06. The summed E-state index contributed by atoms with van der Waals surface area (Å²) < 4.78 is 1.19. The summed E-state index contributed by atoms with van der Waals surface area (Å²) in [7, 11) is 0. The molecule has 1 amide bonds. The van der Waals surface area contributed by atoms with Crippen LogP contribution in [0.15, 0.2) is 24.3 Å². The molecule has 0 aliphatic carbocycles. The smallest absolute Gasteiger partial charge is 0.224 e. The molecule has 3 heteroatoms. The molecule has 0 fully saturated rings. The quantitative estimate of drug-likeness (QED) is 0.486. The van der Waals surface area contributed by atoms with E-state index in [0.717, 1.165) is 12.1 Å². The van der Waals surface area contributed by atoms with Gasteiger partial charge in [-0.1, -0.05) is 32.6 Å². The van der Waals surface area contributed by atoms with Crippen LogP contribution in [0.1, 0.15) is 52.9 Å². The zero-order valence-electron chi connectivity index (χ0n) is 12.2. The maximum atomic E-state index is 11.9. The lowest BCUT2D eigenvalue weighted by Crippen LogP contribution is -2.37. The van der Waals surface area contributed by atoms with Gasteiger partial charge in [-0.25, -0.2) is 0 Å². The van der Waals surface area contributed by atoms with Crippen LogP contribution in [0, 0.1) is 3.57 Å². The number of anilines is 1. The highest BCUT2D eigenvalue weighted by molar-refractivity contribution is 14.1. The lowest BCUT2D eigenvalue weighted by Gasteiger charge is -2.28. The van der Waals surface area contributed by atoms with Crippen molar-refractivity contribution in [2.24, 2.45) is 0 Å². The number of nitrogens with zero attached hydrogens (tertiary/aromatic N) is 1. The highest BCUT2D eigenvalue weighted by Crippen LogP contribution is 2.21. The molecule has 0 saturated carbocycles. The first-order valence-corrected chi connectivity index (χ1v) is 8.19. The third-order valence-electron chi connectivity index (χ3n) is 3.36. The van der Waals surface area contributed by atoms with Crippen LogP contribution in [0.4, 0.5) is 5.69 Å². The minimum atomic E-state index is 0.129. The van der Waals surface area contributed by atoms with Crippen molar-refractivity contribution in [3.8, 4) is 0 Å². The number of halogens is 1. The fourth-order valence-electron chi connectivity index (χ4n) is 2.34. The van der Waals surface area contributed by atoms with Crippen LogP contribution < -0.4 is 4.90 Å². The minimum absolute atomic E-state index is 0.129. The molecule has 0 spiro atoms. The summed E-state index contributed by atoms with van der Waals surface area (Å²) in [4.78, 5) is 13.8. The SMILES string of the molecule is CCCCCCC(C)N(C(C)=O)c1ccc(I)cc1. The van der Waals surface area contributed by atoms with Gasteiger partial charge >= 0.3 is 0 Å². The van der Waals surface area contributed by atoms with E-state index in [2.05, 4.69) is 48.6 Å². The Bertz CT molecular complexity index is 388. The molecular formula is C16H24INO. The molecule has 0 radical (unpaired) electrons. The average Bonchev–Trinajstić information content (AvgIpc) is 2.37. The van der Waals surface area contributed by atoms with E-state index in [0.29, 0.717) is 0 Å². The molecule has 1 rings (SSSR count). The summed E-state index contributed by atoms with van der Waals surface area (Å²) in [6, 6.07) is 8.44. The molecule has 2 nitrogen and oxygen atoms in total. The second kappa shape index (κ2) is 8.56. The summed E-state index contributed by atoms with van der Waals surface area (Å²) in [6.45, 7) is 6.02. The number of hydrogen-bond donors (Lipinski definition) is 0. The van der Waals surface area contributed by atoms with Gasteiger partial charge in [0, 0.05) is 22.2 Å². The van der Waals surface area contributed by atoms with Crippen LogP contribution >= 0.6 is 22.6 Å². The van der Waals surface area contributed by atoms with Crippen molar-refractivity contribution in [1.82, 2.24) is 0 Å². The molecule has 0 aliphatic heterocycles. The number of rotatable bonds is 7. The van der Waals surface area contributed by atoms with Crippen molar-refractivity contribution >= 4 is 34.2 Å². The Labute approximate surface area is 130 Å². The van der Waals surface area contributed by atoms with Crippen molar-refractivity contribution in [2.75, 3.05) is 4.90 Å². The molecule has 0 bridgehead atoms. The van der Waals surface area contributed by atoms with Crippen molar-refractivity contribution in [3.63, 3.8) is 0 Å². The van der Waals surface area contributed by atoms with E-state index < -0.39 is 0 Å². The molecule has 1 aromatic rings. The fourth-order valence-corrected chi connectivity index (χ4v) is 2.70. The van der Waals surface area contributed by atoms with Gasteiger partial charge in [-0.15, -0.1) is 0 Å². The lowest BCUT2D eigenvalue weighted by atomic mass is 10.1. The van der Waals surface area contributed by atoms with Crippen LogP contribution in [0.3, 0.4) is 0 Å². The Balaban J connectivity index is 2.66. The Morgan fingerprint density at radius 2 is 1.84 bits per heavy atom. The maximum Gasteiger partial charge on any atom is 0.224 e. The van der Waals surface area contributed by atoms with Gasteiger partial charge in [0.25, 0.3) is 0 Å². The molecule has 0 N–H and O–H groups in total. The summed E-state index contributed by atoms with van der Waals surface area (Å²) in [5, 5.41) is 0. The first-order valence-electron chi connectivity index (χ1n) is 7.11. The molecule has 19 heavy (non-hydrogen) atoms. The highest BCUT2D eigenvalue weighted by Gasteiger charge is 2.18. The zero-order valence-corrected chi connectivity index (χ0v) is 14.3. The predicted octanol–water partition coefficient (Wildman–Crippen LogP) is 5.00. The number of hydrogen-bond acceptors (Lipinski definition) is 1. The lowest BCUT2D eigenvalue weighted by molar-refractivity contribution is -0.117. The maximum absolute atomic E-state index is 11.9. The van der Waals surface area contributed by atoms with Gasteiger partial charge in [0.15, 0.2) is 0 Å². The predicted molar refractivity (Wildman–Crippen MR) is 90.5 cm³/mol. The Morgan fingerprint density at radius 3 is 2.37 bits per heavy atom. The Morgan fingerprint density at radius 1 is 1.21 bits per heavy atom. The van der Waals surface area contributed by atoms with Crippen LogP contribution in [0.2, 0.25) is 0 Å². The van der Waals surface area contributed by atoms with E-state index >= 15 is 0 Å². The summed E-state index contributed by atoms with van der Waals surface area (Å²) in [6.07, 6.45) is 6.08. The molecule has 0 heterocycles. The van der Waals surface area contributed by atoms with E-state index in [4.69, 9.17) is 0 Å².